The fraction of sp³-hybridized carbons (Fsp3) is 1.00. The molecule has 0 aliphatic carbocycles. The van der Waals surface area contributed by atoms with Gasteiger partial charge in [0.2, 0.25) is 0 Å². The Balaban J connectivity index is 3.01. The monoisotopic (exact) mass is 284 g/mol. The normalized spacial score (nSPS) is 24.6. The molecule has 1 unspecified atom stereocenters. The van der Waals surface area contributed by atoms with Gasteiger partial charge in [-0.05, 0) is 45.4 Å². The van der Waals surface area contributed by atoms with Crippen LogP contribution in [0.15, 0.2) is 0 Å². The average molecular weight is 284 g/mol. The predicted octanol–water partition coefficient (Wildman–Crippen LogP) is 3.28. The minimum absolute atomic E-state index is 0.0773. The van der Waals surface area contributed by atoms with Crippen LogP contribution >= 0.6 is 0 Å². The second-order valence-electron chi connectivity index (χ2n) is 8.19. The zero-order valence-corrected chi connectivity index (χ0v) is 14.7. The van der Waals surface area contributed by atoms with Crippen molar-refractivity contribution >= 4 is 0 Å². The number of ether oxygens (including phenoxy) is 1. The molecular weight excluding hydrogens is 248 g/mol. The van der Waals surface area contributed by atoms with Gasteiger partial charge in [0, 0.05) is 25.2 Å². The van der Waals surface area contributed by atoms with Gasteiger partial charge in [0.05, 0.1) is 11.7 Å². The van der Waals surface area contributed by atoms with E-state index in [-0.39, 0.29) is 17.2 Å². The van der Waals surface area contributed by atoms with Crippen LogP contribution < -0.4 is 5.73 Å². The molecule has 120 valence electrons. The van der Waals surface area contributed by atoms with Crippen LogP contribution in [0.25, 0.3) is 0 Å². The third kappa shape index (κ3) is 4.71. The van der Waals surface area contributed by atoms with E-state index >= 15 is 0 Å². The van der Waals surface area contributed by atoms with E-state index in [1.807, 2.05) is 0 Å². The first-order chi connectivity index (χ1) is 9.10. The van der Waals surface area contributed by atoms with Crippen molar-refractivity contribution < 1.29 is 4.74 Å². The van der Waals surface area contributed by atoms with Crippen molar-refractivity contribution in [2.75, 3.05) is 19.6 Å². The fourth-order valence-corrected chi connectivity index (χ4v) is 3.97. The maximum atomic E-state index is 6.29. The molecule has 3 nitrogen and oxygen atoms in total. The average Bonchev–Trinajstić information content (AvgIpc) is 2.23. The summed E-state index contributed by atoms with van der Waals surface area (Å²) in [5.74, 6) is 1.33. The largest absolute Gasteiger partial charge is 0.370 e. The Hall–Kier alpha value is -0.120. The Kier molecular flexibility index (Phi) is 6.06. The van der Waals surface area contributed by atoms with Crippen molar-refractivity contribution in [2.24, 2.45) is 17.6 Å². The number of rotatable bonds is 6. The van der Waals surface area contributed by atoms with Gasteiger partial charge in [-0.2, -0.15) is 0 Å². The van der Waals surface area contributed by atoms with Crippen LogP contribution in [0.4, 0.5) is 0 Å². The molecule has 20 heavy (non-hydrogen) atoms. The number of morpholine rings is 1. The van der Waals surface area contributed by atoms with Crippen LogP contribution in [0.1, 0.15) is 61.3 Å². The minimum atomic E-state index is -0.0773. The molecule has 3 heteroatoms. The number of nitrogens with zero attached hydrogens (tertiary/aromatic N) is 1. The molecular formula is C17H36N2O. The van der Waals surface area contributed by atoms with Crippen LogP contribution in [0.3, 0.4) is 0 Å². The molecule has 1 aliphatic rings. The lowest BCUT2D eigenvalue weighted by atomic mass is 9.79. The maximum Gasteiger partial charge on any atom is 0.0757 e. The standard InChI is InChI=1S/C17H36N2O/c1-13(2)8-17(11-18,9-14(3)4)19-10-15(5)20-16(6,7)12-19/h13-15H,8-12,18H2,1-7H3. The minimum Gasteiger partial charge on any atom is -0.370 e. The van der Waals surface area contributed by atoms with Gasteiger partial charge in [-0.25, -0.2) is 0 Å². The Morgan fingerprint density at radius 2 is 1.70 bits per heavy atom. The Morgan fingerprint density at radius 1 is 1.20 bits per heavy atom. The summed E-state index contributed by atoms with van der Waals surface area (Å²) >= 11 is 0. The molecule has 0 spiro atoms. The molecule has 0 bridgehead atoms. The lowest BCUT2D eigenvalue weighted by Crippen LogP contribution is -2.64. The van der Waals surface area contributed by atoms with Crippen LogP contribution in [0.2, 0.25) is 0 Å². The molecule has 1 aliphatic heterocycles. The molecule has 0 aromatic heterocycles. The van der Waals surface area contributed by atoms with E-state index in [1.165, 1.54) is 12.8 Å². The molecule has 1 atom stereocenters. The highest BCUT2D eigenvalue weighted by Gasteiger charge is 2.43. The lowest BCUT2D eigenvalue weighted by Gasteiger charge is -2.52. The van der Waals surface area contributed by atoms with Crippen molar-refractivity contribution in [3.05, 3.63) is 0 Å². The van der Waals surface area contributed by atoms with E-state index in [1.54, 1.807) is 0 Å². The molecule has 0 aromatic carbocycles. The highest BCUT2D eigenvalue weighted by atomic mass is 16.5. The number of hydrogen-bond donors (Lipinski definition) is 1. The zero-order chi connectivity index (χ0) is 15.6. The summed E-state index contributed by atoms with van der Waals surface area (Å²) in [7, 11) is 0. The van der Waals surface area contributed by atoms with Crippen molar-refractivity contribution in [1.82, 2.24) is 4.90 Å². The summed E-state index contributed by atoms with van der Waals surface area (Å²) in [6.45, 7) is 18.5. The van der Waals surface area contributed by atoms with Crippen molar-refractivity contribution in [1.29, 1.82) is 0 Å². The summed E-state index contributed by atoms with van der Waals surface area (Å²) < 4.78 is 6.07. The molecule has 1 saturated heterocycles. The predicted molar refractivity (Wildman–Crippen MR) is 86.9 cm³/mol. The summed E-state index contributed by atoms with van der Waals surface area (Å²) in [6.07, 6.45) is 2.62. The Bertz CT molecular complexity index is 289. The van der Waals surface area contributed by atoms with Gasteiger partial charge in [-0.1, -0.05) is 27.7 Å². The van der Waals surface area contributed by atoms with Crippen LogP contribution in [-0.2, 0) is 4.74 Å². The molecule has 1 rings (SSSR count). The summed E-state index contributed by atoms with van der Waals surface area (Å²) in [6, 6.07) is 0. The van der Waals surface area contributed by atoms with Crippen molar-refractivity contribution in [2.45, 2.75) is 78.6 Å². The molecule has 1 heterocycles. The Morgan fingerprint density at radius 3 is 2.05 bits per heavy atom. The number of nitrogens with two attached hydrogens (primary N) is 1. The van der Waals surface area contributed by atoms with Gasteiger partial charge in [-0.3, -0.25) is 4.90 Å². The summed E-state index contributed by atoms with van der Waals surface area (Å²) in [5, 5.41) is 0. The van der Waals surface area contributed by atoms with Gasteiger partial charge < -0.3 is 10.5 Å². The van der Waals surface area contributed by atoms with Gasteiger partial charge in [-0.15, -0.1) is 0 Å². The first kappa shape index (κ1) is 17.9. The first-order valence-corrected chi connectivity index (χ1v) is 8.23. The van der Waals surface area contributed by atoms with E-state index < -0.39 is 0 Å². The highest BCUT2D eigenvalue weighted by molar-refractivity contribution is 4.98. The van der Waals surface area contributed by atoms with Gasteiger partial charge in [0.15, 0.2) is 0 Å². The smallest absolute Gasteiger partial charge is 0.0757 e. The first-order valence-electron chi connectivity index (χ1n) is 8.23. The van der Waals surface area contributed by atoms with E-state index in [0.717, 1.165) is 19.6 Å². The summed E-state index contributed by atoms with van der Waals surface area (Å²) in [4.78, 5) is 2.63. The molecule has 0 amide bonds. The van der Waals surface area contributed by atoms with Gasteiger partial charge >= 0.3 is 0 Å². The van der Waals surface area contributed by atoms with Crippen LogP contribution in [0.5, 0.6) is 0 Å². The van der Waals surface area contributed by atoms with Gasteiger partial charge in [0.1, 0.15) is 0 Å². The second-order valence-corrected chi connectivity index (χ2v) is 8.19. The fourth-order valence-electron chi connectivity index (χ4n) is 3.97. The van der Waals surface area contributed by atoms with Crippen LogP contribution in [-0.4, -0.2) is 41.8 Å². The zero-order valence-electron chi connectivity index (χ0n) is 14.7. The Labute approximate surface area is 126 Å². The lowest BCUT2D eigenvalue weighted by molar-refractivity contribution is -0.157. The van der Waals surface area contributed by atoms with Crippen molar-refractivity contribution in [3.8, 4) is 0 Å². The summed E-state index contributed by atoms with van der Waals surface area (Å²) in [5.41, 5.74) is 6.33. The van der Waals surface area contributed by atoms with E-state index in [9.17, 15) is 0 Å². The second kappa shape index (κ2) is 6.76. The van der Waals surface area contributed by atoms with E-state index in [2.05, 4.69) is 53.4 Å². The molecule has 0 radical (unpaired) electrons. The van der Waals surface area contributed by atoms with E-state index in [4.69, 9.17) is 10.5 Å². The molecule has 0 saturated carbocycles. The molecule has 0 aromatic rings. The van der Waals surface area contributed by atoms with Crippen LogP contribution in [0, 0.1) is 11.8 Å². The third-order valence-corrected chi connectivity index (χ3v) is 4.20. The SMILES string of the molecule is CC(C)CC(CN)(CC(C)C)N1CC(C)OC(C)(C)C1. The quantitative estimate of drug-likeness (QED) is 0.813. The third-order valence-electron chi connectivity index (χ3n) is 4.20. The van der Waals surface area contributed by atoms with Crippen molar-refractivity contribution in [3.63, 3.8) is 0 Å². The van der Waals surface area contributed by atoms with E-state index in [0.29, 0.717) is 11.8 Å². The highest BCUT2D eigenvalue weighted by Crippen LogP contribution is 2.35. The molecule has 2 N–H and O–H groups in total. The number of hydrogen-bond acceptors (Lipinski definition) is 3. The van der Waals surface area contributed by atoms with Gasteiger partial charge in [0.25, 0.3) is 0 Å². The topological polar surface area (TPSA) is 38.5 Å². The molecule has 1 fully saturated rings. The maximum absolute atomic E-state index is 6.29.